The minimum absolute atomic E-state index is 0.00825. The van der Waals surface area contributed by atoms with Gasteiger partial charge in [-0.05, 0) is 30.0 Å². The molecule has 0 aliphatic heterocycles. The second kappa shape index (κ2) is 5.47. The van der Waals surface area contributed by atoms with E-state index in [2.05, 4.69) is 5.32 Å². The number of carbonyl (C=O) groups is 1. The molecule has 2 aromatic carbocycles. The number of hydrogen-bond acceptors (Lipinski definition) is 2. The summed E-state index contributed by atoms with van der Waals surface area (Å²) in [6.07, 6.45) is 0. The minimum atomic E-state index is -0.0115. The van der Waals surface area contributed by atoms with Gasteiger partial charge in [-0.1, -0.05) is 48.5 Å². The predicted octanol–water partition coefficient (Wildman–Crippen LogP) is 4.39. The summed E-state index contributed by atoms with van der Waals surface area (Å²) in [6.45, 7) is 2.00. The Kier molecular flexibility index (Phi) is 3.52. The Hall–Kier alpha value is -2.13. The number of hydrogen-bond donors (Lipinski definition) is 1. The van der Waals surface area contributed by atoms with E-state index in [0.717, 1.165) is 20.5 Å². The van der Waals surface area contributed by atoms with E-state index in [4.69, 9.17) is 0 Å². The van der Waals surface area contributed by atoms with E-state index in [-0.39, 0.29) is 11.9 Å². The molecule has 0 saturated carbocycles. The van der Waals surface area contributed by atoms with Gasteiger partial charge >= 0.3 is 0 Å². The lowest BCUT2D eigenvalue weighted by Gasteiger charge is -2.13. The molecular formula is C17H15NOS. The van der Waals surface area contributed by atoms with Crippen molar-refractivity contribution in [2.24, 2.45) is 0 Å². The van der Waals surface area contributed by atoms with Crippen molar-refractivity contribution in [2.45, 2.75) is 13.0 Å². The lowest BCUT2D eigenvalue weighted by molar-refractivity contribution is 0.0944. The SMILES string of the molecule is CC(NC(=O)c1cc2ccccc2s1)c1ccccc1. The third kappa shape index (κ3) is 2.58. The van der Waals surface area contributed by atoms with Gasteiger partial charge in [-0.3, -0.25) is 4.79 Å². The fourth-order valence-corrected chi connectivity index (χ4v) is 3.15. The van der Waals surface area contributed by atoms with Crippen molar-refractivity contribution in [1.29, 1.82) is 0 Å². The van der Waals surface area contributed by atoms with Crippen molar-refractivity contribution in [3.63, 3.8) is 0 Å². The van der Waals surface area contributed by atoms with Crippen LogP contribution >= 0.6 is 11.3 Å². The van der Waals surface area contributed by atoms with Gasteiger partial charge in [0, 0.05) is 4.70 Å². The van der Waals surface area contributed by atoms with Crippen LogP contribution in [0.1, 0.15) is 28.2 Å². The first-order valence-corrected chi connectivity index (χ1v) is 7.40. The first-order valence-electron chi connectivity index (χ1n) is 6.58. The molecule has 1 heterocycles. The van der Waals surface area contributed by atoms with Crippen LogP contribution in [0.4, 0.5) is 0 Å². The molecule has 1 atom stereocenters. The van der Waals surface area contributed by atoms with E-state index < -0.39 is 0 Å². The molecule has 20 heavy (non-hydrogen) atoms. The van der Waals surface area contributed by atoms with Crippen LogP contribution in [-0.4, -0.2) is 5.91 Å². The summed E-state index contributed by atoms with van der Waals surface area (Å²) in [7, 11) is 0. The zero-order valence-electron chi connectivity index (χ0n) is 11.2. The Labute approximate surface area is 122 Å². The molecule has 0 bridgehead atoms. The molecule has 2 nitrogen and oxygen atoms in total. The maximum atomic E-state index is 12.3. The Bertz CT molecular complexity index is 700. The van der Waals surface area contributed by atoms with Crippen molar-refractivity contribution >= 4 is 27.3 Å². The quantitative estimate of drug-likeness (QED) is 0.758. The Balaban J connectivity index is 1.79. The van der Waals surface area contributed by atoms with Crippen LogP contribution < -0.4 is 5.32 Å². The molecule has 0 radical (unpaired) electrons. The molecule has 1 N–H and O–H groups in total. The first-order chi connectivity index (χ1) is 9.74. The van der Waals surface area contributed by atoms with E-state index in [1.807, 2.05) is 67.6 Å². The molecule has 0 aliphatic carbocycles. The van der Waals surface area contributed by atoms with Crippen molar-refractivity contribution in [3.8, 4) is 0 Å². The van der Waals surface area contributed by atoms with E-state index in [1.54, 1.807) is 0 Å². The van der Waals surface area contributed by atoms with Gasteiger partial charge in [-0.2, -0.15) is 0 Å². The zero-order chi connectivity index (χ0) is 13.9. The van der Waals surface area contributed by atoms with Crippen LogP contribution in [0, 0.1) is 0 Å². The monoisotopic (exact) mass is 281 g/mol. The van der Waals surface area contributed by atoms with Crippen LogP contribution in [0.25, 0.3) is 10.1 Å². The van der Waals surface area contributed by atoms with Gasteiger partial charge in [0.25, 0.3) is 5.91 Å². The third-order valence-corrected chi connectivity index (χ3v) is 4.41. The maximum Gasteiger partial charge on any atom is 0.261 e. The van der Waals surface area contributed by atoms with Crippen molar-refractivity contribution in [1.82, 2.24) is 5.32 Å². The number of amides is 1. The minimum Gasteiger partial charge on any atom is -0.345 e. The van der Waals surface area contributed by atoms with Gasteiger partial charge in [0.05, 0.1) is 10.9 Å². The highest BCUT2D eigenvalue weighted by Gasteiger charge is 2.13. The second-order valence-electron chi connectivity index (χ2n) is 4.75. The third-order valence-electron chi connectivity index (χ3n) is 3.30. The lowest BCUT2D eigenvalue weighted by Crippen LogP contribution is -2.25. The van der Waals surface area contributed by atoms with Crippen molar-refractivity contribution < 1.29 is 4.79 Å². The molecular weight excluding hydrogens is 266 g/mol. The molecule has 100 valence electrons. The van der Waals surface area contributed by atoms with E-state index in [9.17, 15) is 4.79 Å². The highest BCUT2D eigenvalue weighted by Crippen LogP contribution is 2.25. The molecule has 0 spiro atoms. The van der Waals surface area contributed by atoms with Crippen LogP contribution in [0.2, 0.25) is 0 Å². The molecule has 1 unspecified atom stereocenters. The van der Waals surface area contributed by atoms with Crippen molar-refractivity contribution in [2.75, 3.05) is 0 Å². The number of benzene rings is 2. The number of rotatable bonds is 3. The summed E-state index contributed by atoms with van der Waals surface area (Å²) in [4.78, 5) is 13.1. The average molecular weight is 281 g/mol. The second-order valence-corrected chi connectivity index (χ2v) is 5.84. The first kappa shape index (κ1) is 12.9. The normalized spacial score (nSPS) is 12.2. The summed E-state index contributed by atoms with van der Waals surface area (Å²) in [6, 6.07) is 20.0. The molecule has 1 aromatic heterocycles. The number of fused-ring (bicyclic) bond motifs is 1. The summed E-state index contributed by atoms with van der Waals surface area (Å²) in [5.74, 6) is -0.0115. The lowest BCUT2D eigenvalue weighted by atomic mass is 10.1. The molecule has 0 fully saturated rings. The number of nitrogens with one attached hydrogen (secondary N) is 1. The topological polar surface area (TPSA) is 29.1 Å². The largest absolute Gasteiger partial charge is 0.345 e. The van der Waals surface area contributed by atoms with Crippen LogP contribution in [0.3, 0.4) is 0 Å². The molecule has 3 rings (SSSR count). The zero-order valence-corrected chi connectivity index (χ0v) is 12.0. The molecule has 3 heteroatoms. The van der Waals surface area contributed by atoms with E-state index in [1.165, 1.54) is 11.3 Å². The van der Waals surface area contributed by atoms with Gasteiger partial charge in [-0.25, -0.2) is 0 Å². The summed E-state index contributed by atoms with van der Waals surface area (Å²) in [5, 5.41) is 4.17. The van der Waals surface area contributed by atoms with Gasteiger partial charge in [0.2, 0.25) is 0 Å². The Morgan fingerprint density at radius 2 is 1.75 bits per heavy atom. The van der Waals surface area contributed by atoms with E-state index in [0.29, 0.717) is 0 Å². The Morgan fingerprint density at radius 1 is 1.05 bits per heavy atom. The standard InChI is InChI=1S/C17H15NOS/c1-12(13-7-3-2-4-8-13)18-17(19)16-11-14-9-5-6-10-15(14)20-16/h2-12H,1H3,(H,18,19). The average Bonchev–Trinajstić information content (AvgIpc) is 2.92. The number of carbonyl (C=O) groups excluding carboxylic acids is 1. The fourth-order valence-electron chi connectivity index (χ4n) is 2.19. The van der Waals surface area contributed by atoms with Crippen molar-refractivity contribution in [3.05, 3.63) is 71.1 Å². The molecule has 0 saturated heterocycles. The smallest absolute Gasteiger partial charge is 0.261 e. The van der Waals surface area contributed by atoms with Gasteiger partial charge in [0.1, 0.15) is 0 Å². The highest BCUT2D eigenvalue weighted by atomic mass is 32.1. The summed E-state index contributed by atoms with van der Waals surface area (Å²) >= 11 is 1.53. The predicted molar refractivity (Wildman–Crippen MR) is 84.1 cm³/mol. The number of thiophene rings is 1. The highest BCUT2D eigenvalue weighted by molar-refractivity contribution is 7.20. The fraction of sp³-hybridized carbons (Fsp3) is 0.118. The molecule has 1 amide bonds. The summed E-state index contributed by atoms with van der Waals surface area (Å²) < 4.78 is 1.14. The van der Waals surface area contributed by atoms with Gasteiger partial charge in [-0.15, -0.1) is 11.3 Å². The maximum absolute atomic E-state index is 12.3. The molecule has 0 aliphatic rings. The molecule has 3 aromatic rings. The van der Waals surface area contributed by atoms with Crippen LogP contribution in [0.15, 0.2) is 60.7 Å². The van der Waals surface area contributed by atoms with Crippen LogP contribution in [0.5, 0.6) is 0 Å². The summed E-state index contributed by atoms with van der Waals surface area (Å²) in [5.41, 5.74) is 1.11. The Morgan fingerprint density at radius 3 is 2.50 bits per heavy atom. The van der Waals surface area contributed by atoms with Gasteiger partial charge < -0.3 is 5.32 Å². The van der Waals surface area contributed by atoms with Crippen LogP contribution in [-0.2, 0) is 0 Å². The van der Waals surface area contributed by atoms with Gasteiger partial charge in [0.15, 0.2) is 0 Å². The van der Waals surface area contributed by atoms with E-state index >= 15 is 0 Å².